The van der Waals surface area contributed by atoms with Crippen LogP contribution in [0.2, 0.25) is 0 Å². The first-order valence-corrected chi connectivity index (χ1v) is 12.4. The maximum atomic E-state index is 13.6. The van der Waals surface area contributed by atoms with Crippen molar-refractivity contribution >= 4 is 10.9 Å². The molecule has 0 spiro atoms. The summed E-state index contributed by atoms with van der Waals surface area (Å²) in [6.07, 6.45) is 1.55. The van der Waals surface area contributed by atoms with Gasteiger partial charge < -0.3 is 23.9 Å². The summed E-state index contributed by atoms with van der Waals surface area (Å²) in [4.78, 5) is 2.41. The zero-order chi connectivity index (χ0) is 26.6. The Hall–Kier alpha value is -3.69. The molecule has 0 aliphatic carbocycles. The lowest BCUT2D eigenvalue weighted by atomic mass is 9.85. The van der Waals surface area contributed by atoms with E-state index >= 15 is 0 Å². The van der Waals surface area contributed by atoms with Gasteiger partial charge in [-0.3, -0.25) is 4.90 Å². The molecule has 0 saturated heterocycles. The Balaban J connectivity index is 1.34. The molecule has 3 aromatic carbocycles. The number of halogens is 3. The molecule has 1 N–H and O–H groups in total. The number of ether oxygens (including phenoxy) is 3. The number of hydrogen-bond donors (Lipinski definition) is 1. The first kappa shape index (κ1) is 24.6. The molecule has 0 radical (unpaired) electrons. The molecule has 1 unspecified atom stereocenters. The van der Waals surface area contributed by atoms with Crippen molar-refractivity contribution in [3.8, 4) is 17.2 Å². The van der Waals surface area contributed by atoms with E-state index in [1.54, 1.807) is 14.2 Å². The highest BCUT2D eigenvalue weighted by Gasteiger charge is 2.36. The van der Waals surface area contributed by atoms with Crippen molar-refractivity contribution in [2.45, 2.75) is 38.8 Å². The second-order valence-electron chi connectivity index (χ2n) is 9.68. The molecule has 9 heteroatoms. The zero-order valence-corrected chi connectivity index (χ0v) is 21.1. The van der Waals surface area contributed by atoms with Gasteiger partial charge in [0.05, 0.1) is 19.7 Å². The van der Waals surface area contributed by atoms with Crippen molar-refractivity contribution in [2.24, 2.45) is 0 Å². The van der Waals surface area contributed by atoms with Crippen LogP contribution in [-0.2, 0) is 32.7 Å². The molecule has 3 heterocycles. The Bertz CT molecular complexity index is 1530. The second-order valence-corrected chi connectivity index (χ2v) is 9.68. The highest BCUT2D eigenvalue weighted by Crippen LogP contribution is 2.45. The molecule has 6 nitrogen and oxygen atoms in total. The standard InChI is InChI=1S/C29H27F3N2O4/c1-36-18-3-4-24-20(10-18)21-11-25-19-12-27(37-2)28(38-14-16-7-22(30)29(32)23(31)8-16)9-17(19)5-6-33(25)13-26(21)34(24)15-35/h3-4,7-10,12,25,35H,5-6,11,13-15H2,1-2H3. The molecule has 2 aliphatic heterocycles. The van der Waals surface area contributed by atoms with Gasteiger partial charge in [0.15, 0.2) is 29.0 Å². The number of hydrogen-bond acceptors (Lipinski definition) is 5. The van der Waals surface area contributed by atoms with Gasteiger partial charge in [-0.1, -0.05) is 0 Å². The number of fused-ring (bicyclic) bond motifs is 6. The van der Waals surface area contributed by atoms with E-state index in [0.29, 0.717) is 18.0 Å². The van der Waals surface area contributed by atoms with Gasteiger partial charge in [0.2, 0.25) is 0 Å². The maximum Gasteiger partial charge on any atom is 0.194 e. The monoisotopic (exact) mass is 524 g/mol. The lowest BCUT2D eigenvalue weighted by Gasteiger charge is -2.41. The van der Waals surface area contributed by atoms with Gasteiger partial charge in [0.25, 0.3) is 0 Å². The Kier molecular flexibility index (Phi) is 6.20. The van der Waals surface area contributed by atoms with Crippen LogP contribution >= 0.6 is 0 Å². The third kappa shape index (κ3) is 3.97. The molecule has 38 heavy (non-hydrogen) atoms. The topological polar surface area (TPSA) is 56.1 Å². The van der Waals surface area contributed by atoms with E-state index in [9.17, 15) is 18.3 Å². The number of benzene rings is 3. The first-order chi connectivity index (χ1) is 18.4. The van der Waals surface area contributed by atoms with E-state index in [4.69, 9.17) is 14.2 Å². The van der Waals surface area contributed by atoms with Crippen molar-refractivity contribution in [1.82, 2.24) is 9.47 Å². The van der Waals surface area contributed by atoms with E-state index in [2.05, 4.69) is 4.90 Å². The fourth-order valence-corrected chi connectivity index (χ4v) is 5.85. The van der Waals surface area contributed by atoms with Crippen LogP contribution in [0, 0.1) is 17.5 Å². The first-order valence-electron chi connectivity index (χ1n) is 12.4. The molecule has 1 aromatic heterocycles. The van der Waals surface area contributed by atoms with Crippen LogP contribution in [-0.4, -0.2) is 35.3 Å². The van der Waals surface area contributed by atoms with Crippen molar-refractivity contribution in [3.63, 3.8) is 0 Å². The highest BCUT2D eigenvalue weighted by molar-refractivity contribution is 5.87. The number of aliphatic hydroxyl groups is 1. The number of nitrogens with zero attached hydrogens (tertiary/aromatic N) is 2. The number of aromatic nitrogens is 1. The number of rotatable bonds is 6. The normalized spacial score (nSPS) is 16.6. The van der Waals surface area contributed by atoms with Crippen LogP contribution in [0.1, 0.15) is 34.0 Å². The molecular formula is C29H27F3N2O4. The van der Waals surface area contributed by atoms with Crippen molar-refractivity contribution in [1.29, 1.82) is 0 Å². The summed E-state index contributed by atoms with van der Waals surface area (Å²) in [7, 11) is 3.19. The van der Waals surface area contributed by atoms with Crippen molar-refractivity contribution < 1.29 is 32.5 Å². The largest absolute Gasteiger partial charge is 0.497 e. The fourth-order valence-electron chi connectivity index (χ4n) is 5.85. The minimum Gasteiger partial charge on any atom is -0.497 e. The SMILES string of the molecule is COc1ccc2c(c1)c1c(n2CO)CN2CCc3cc(OCc4cc(F)c(F)c(F)c4)c(OC)cc3C2C1. The molecule has 4 aromatic rings. The molecule has 198 valence electrons. The van der Waals surface area contributed by atoms with Crippen LogP contribution in [0.4, 0.5) is 13.2 Å². The number of aliphatic hydroxyl groups excluding tert-OH is 1. The molecular weight excluding hydrogens is 497 g/mol. The van der Waals surface area contributed by atoms with Gasteiger partial charge in [0, 0.05) is 30.2 Å². The van der Waals surface area contributed by atoms with E-state index in [1.807, 2.05) is 34.9 Å². The molecule has 0 bridgehead atoms. The minimum atomic E-state index is -1.50. The molecule has 1 atom stereocenters. The molecule has 0 fully saturated rings. The zero-order valence-electron chi connectivity index (χ0n) is 21.1. The molecule has 0 amide bonds. The average Bonchev–Trinajstić information content (AvgIpc) is 3.24. The van der Waals surface area contributed by atoms with Crippen LogP contribution in [0.5, 0.6) is 17.2 Å². The Morgan fingerprint density at radius 3 is 2.47 bits per heavy atom. The maximum absolute atomic E-state index is 13.6. The summed E-state index contributed by atoms with van der Waals surface area (Å²) >= 11 is 0. The van der Waals surface area contributed by atoms with Gasteiger partial charge in [-0.05, 0) is 77.6 Å². The third-order valence-electron chi connectivity index (χ3n) is 7.72. The Morgan fingerprint density at radius 2 is 1.76 bits per heavy atom. The number of methoxy groups -OCH3 is 2. The van der Waals surface area contributed by atoms with Gasteiger partial charge in [-0.25, -0.2) is 13.2 Å². The van der Waals surface area contributed by atoms with E-state index in [1.165, 1.54) is 5.56 Å². The van der Waals surface area contributed by atoms with Gasteiger partial charge in [-0.2, -0.15) is 0 Å². The molecule has 2 aliphatic rings. The summed E-state index contributed by atoms with van der Waals surface area (Å²) in [6, 6.07) is 11.8. The molecule has 0 saturated carbocycles. The minimum absolute atomic E-state index is 0.0936. The third-order valence-corrected chi connectivity index (χ3v) is 7.72. The van der Waals surface area contributed by atoms with E-state index in [-0.39, 0.29) is 24.9 Å². The lowest BCUT2D eigenvalue weighted by Crippen LogP contribution is -2.39. The summed E-state index contributed by atoms with van der Waals surface area (Å²) in [6.45, 7) is 1.31. The Labute approximate surface area is 217 Å². The predicted molar refractivity (Wildman–Crippen MR) is 135 cm³/mol. The van der Waals surface area contributed by atoms with Gasteiger partial charge in [0.1, 0.15) is 19.1 Å². The Morgan fingerprint density at radius 1 is 0.974 bits per heavy atom. The summed E-state index contributed by atoms with van der Waals surface area (Å²) in [5.41, 5.74) is 5.72. The predicted octanol–water partition coefficient (Wildman–Crippen LogP) is 5.26. The lowest BCUT2D eigenvalue weighted by molar-refractivity contribution is 0.145. The van der Waals surface area contributed by atoms with E-state index < -0.39 is 17.5 Å². The van der Waals surface area contributed by atoms with Crippen molar-refractivity contribution in [3.05, 3.63) is 87.9 Å². The molecule has 6 rings (SSSR count). The quantitative estimate of drug-likeness (QED) is 0.349. The smallest absolute Gasteiger partial charge is 0.194 e. The van der Waals surface area contributed by atoms with Crippen molar-refractivity contribution in [2.75, 3.05) is 20.8 Å². The summed E-state index contributed by atoms with van der Waals surface area (Å²) in [5.74, 6) is -2.26. The van der Waals surface area contributed by atoms with Gasteiger partial charge in [-0.15, -0.1) is 0 Å². The highest BCUT2D eigenvalue weighted by atomic mass is 19.2. The summed E-state index contributed by atoms with van der Waals surface area (Å²) in [5, 5.41) is 11.2. The average molecular weight is 525 g/mol. The van der Waals surface area contributed by atoms with Crippen LogP contribution in [0.25, 0.3) is 10.9 Å². The van der Waals surface area contributed by atoms with Gasteiger partial charge >= 0.3 is 0 Å². The second kappa shape index (κ2) is 9.56. The van der Waals surface area contributed by atoms with E-state index in [0.717, 1.165) is 65.0 Å². The summed E-state index contributed by atoms with van der Waals surface area (Å²) < 4.78 is 59.6. The van der Waals surface area contributed by atoms with Crippen LogP contribution in [0.3, 0.4) is 0 Å². The van der Waals surface area contributed by atoms with Crippen LogP contribution < -0.4 is 14.2 Å². The fraction of sp³-hybridized carbons (Fsp3) is 0.310. The van der Waals surface area contributed by atoms with Crippen LogP contribution in [0.15, 0.2) is 42.5 Å².